The van der Waals surface area contributed by atoms with Gasteiger partial charge in [0.15, 0.2) is 0 Å². The van der Waals surface area contributed by atoms with Crippen LogP contribution in [0.4, 0.5) is 6.01 Å². The Bertz CT molecular complexity index is 372. The molecule has 1 saturated heterocycles. The van der Waals surface area contributed by atoms with E-state index in [0.717, 1.165) is 38.9 Å². The lowest BCUT2D eigenvalue weighted by Gasteiger charge is -2.31. The van der Waals surface area contributed by atoms with Crippen LogP contribution in [0.3, 0.4) is 0 Å². The third-order valence-corrected chi connectivity index (χ3v) is 3.65. The van der Waals surface area contributed by atoms with Crippen molar-refractivity contribution in [1.82, 2.24) is 15.5 Å². The zero-order valence-corrected chi connectivity index (χ0v) is 11.8. The van der Waals surface area contributed by atoms with Gasteiger partial charge in [0.25, 0.3) is 0 Å². The average molecular weight is 268 g/mol. The molecule has 0 amide bonds. The van der Waals surface area contributed by atoms with Crippen LogP contribution in [-0.2, 0) is 6.54 Å². The van der Waals surface area contributed by atoms with E-state index in [2.05, 4.69) is 27.3 Å². The Kier molecular flexibility index (Phi) is 5.15. The number of aliphatic hydroxyl groups is 1. The van der Waals surface area contributed by atoms with Gasteiger partial charge in [-0.2, -0.15) is 0 Å². The Morgan fingerprint density at radius 2 is 2.16 bits per heavy atom. The lowest BCUT2D eigenvalue weighted by atomic mass is 9.92. The molecule has 1 aliphatic rings. The Hall–Kier alpha value is -1.14. The quantitative estimate of drug-likeness (QED) is 0.754. The minimum absolute atomic E-state index is 0.223. The highest BCUT2D eigenvalue weighted by Crippen LogP contribution is 2.24. The summed E-state index contributed by atoms with van der Waals surface area (Å²) in [5.41, 5.74) is 0. The van der Waals surface area contributed by atoms with E-state index < -0.39 is 0 Å². The van der Waals surface area contributed by atoms with Gasteiger partial charge in [0.1, 0.15) is 0 Å². The van der Waals surface area contributed by atoms with Gasteiger partial charge in [0.2, 0.25) is 5.89 Å². The third kappa shape index (κ3) is 3.91. The molecule has 0 aliphatic carbocycles. The zero-order chi connectivity index (χ0) is 13.7. The second kappa shape index (κ2) is 6.86. The van der Waals surface area contributed by atoms with E-state index in [1.54, 1.807) is 0 Å². The highest BCUT2D eigenvalue weighted by Gasteiger charge is 2.25. The van der Waals surface area contributed by atoms with E-state index in [4.69, 9.17) is 4.42 Å². The summed E-state index contributed by atoms with van der Waals surface area (Å²) < 4.78 is 5.64. The topological polar surface area (TPSA) is 74.4 Å². The van der Waals surface area contributed by atoms with Crippen molar-refractivity contribution in [1.29, 1.82) is 0 Å². The van der Waals surface area contributed by atoms with E-state index in [0.29, 0.717) is 24.4 Å². The molecular formula is C13H24N4O2. The molecule has 1 aromatic rings. The number of hydrogen-bond acceptors (Lipinski definition) is 6. The number of anilines is 1. The normalized spacial score (nSPS) is 18.8. The van der Waals surface area contributed by atoms with Crippen LogP contribution < -0.4 is 10.2 Å². The summed E-state index contributed by atoms with van der Waals surface area (Å²) in [4.78, 5) is 2.11. The second-order valence-corrected chi connectivity index (χ2v) is 5.22. The molecule has 2 N–H and O–H groups in total. The molecule has 1 atom stereocenters. The van der Waals surface area contributed by atoms with E-state index in [9.17, 15) is 5.11 Å². The second-order valence-electron chi connectivity index (χ2n) is 5.22. The fourth-order valence-corrected chi connectivity index (χ4v) is 2.39. The van der Waals surface area contributed by atoms with Crippen LogP contribution in [0.1, 0.15) is 39.0 Å². The van der Waals surface area contributed by atoms with Crippen LogP contribution in [0.5, 0.6) is 0 Å². The Balaban J connectivity index is 1.82. The zero-order valence-electron chi connectivity index (χ0n) is 11.8. The molecule has 19 heavy (non-hydrogen) atoms. The molecule has 0 radical (unpaired) electrons. The molecule has 1 aliphatic heterocycles. The number of rotatable bonds is 6. The fraction of sp³-hybridized carbons (Fsp3) is 0.846. The molecule has 108 valence electrons. The number of nitrogens with one attached hydrogen (secondary N) is 1. The van der Waals surface area contributed by atoms with Gasteiger partial charge in [0.05, 0.1) is 12.6 Å². The SMILES string of the molecule is CCCNCc1nnc(N2CCC(C(C)O)CC2)o1. The van der Waals surface area contributed by atoms with Crippen molar-refractivity contribution in [3.63, 3.8) is 0 Å². The highest BCUT2D eigenvalue weighted by atomic mass is 16.4. The van der Waals surface area contributed by atoms with Gasteiger partial charge in [0, 0.05) is 13.1 Å². The summed E-state index contributed by atoms with van der Waals surface area (Å²) >= 11 is 0. The number of piperidine rings is 1. The Morgan fingerprint density at radius 1 is 1.42 bits per heavy atom. The summed E-state index contributed by atoms with van der Waals surface area (Å²) in [5.74, 6) is 1.03. The summed E-state index contributed by atoms with van der Waals surface area (Å²) in [6.07, 6.45) is 2.82. The summed E-state index contributed by atoms with van der Waals surface area (Å²) in [5, 5.41) is 21.0. The number of aromatic nitrogens is 2. The molecule has 0 aromatic carbocycles. The molecule has 1 fully saturated rings. The first-order chi connectivity index (χ1) is 9.20. The van der Waals surface area contributed by atoms with Crippen LogP contribution in [0.25, 0.3) is 0 Å². The minimum atomic E-state index is -0.223. The first-order valence-electron chi connectivity index (χ1n) is 7.16. The predicted octanol–water partition coefficient (Wildman–Crippen LogP) is 1.17. The van der Waals surface area contributed by atoms with E-state index in [1.807, 2.05) is 6.92 Å². The number of nitrogens with zero attached hydrogens (tertiary/aromatic N) is 3. The fourth-order valence-electron chi connectivity index (χ4n) is 2.39. The molecule has 6 nitrogen and oxygen atoms in total. The van der Waals surface area contributed by atoms with Gasteiger partial charge in [-0.05, 0) is 38.6 Å². The van der Waals surface area contributed by atoms with Crippen molar-refractivity contribution in [2.45, 2.75) is 45.8 Å². The number of hydrogen-bond donors (Lipinski definition) is 2. The van der Waals surface area contributed by atoms with Crippen molar-refractivity contribution in [2.24, 2.45) is 5.92 Å². The van der Waals surface area contributed by atoms with E-state index in [-0.39, 0.29) is 6.10 Å². The molecule has 1 aromatic heterocycles. The van der Waals surface area contributed by atoms with E-state index >= 15 is 0 Å². The van der Waals surface area contributed by atoms with E-state index in [1.165, 1.54) is 0 Å². The van der Waals surface area contributed by atoms with Crippen molar-refractivity contribution in [3.8, 4) is 0 Å². The lowest BCUT2D eigenvalue weighted by Crippen LogP contribution is -2.37. The largest absolute Gasteiger partial charge is 0.407 e. The molecule has 0 saturated carbocycles. The molecule has 2 rings (SSSR count). The van der Waals surface area contributed by atoms with Crippen molar-refractivity contribution in [3.05, 3.63) is 5.89 Å². The maximum absolute atomic E-state index is 9.58. The van der Waals surface area contributed by atoms with Gasteiger partial charge < -0.3 is 19.7 Å². The predicted molar refractivity (Wildman–Crippen MR) is 72.9 cm³/mol. The number of aliphatic hydroxyl groups excluding tert-OH is 1. The van der Waals surface area contributed by atoms with Gasteiger partial charge in [-0.15, -0.1) is 5.10 Å². The standard InChI is InChI=1S/C13H24N4O2/c1-3-6-14-9-12-15-16-13(19-12)17-7-4-11(5-8-17)10(2)18/h10-11,14,18H,3-9H2,1-2H3. The lowest BCUT2D eigenvalue weighted by molar-refractivity contribution is 0.109. The first-order valence-corrected chi connectivity index (χ1v) is 7.16. The van der Waals surface area contributed by atoms with Gasteiger partial charge in [-0.3, -0.25) is 0 Å². The summed E-state index contributed by atoms with van der Waals surface area (Å²) in [6, 6.07) is 0.609. The van der Waals surface area contributed by atoms with Crippen molar-refractivity contribution in [2.75, 3.05) is 24.5 Å². The van der Waals surface area contributed by atoms with Crippen molar-refractivity contribution >= 4 is 6.01 Å². The molecule has 1 unspecified atom stereocenters. The molecule has 6 heteroatoms. The van der Waals surface area contributed by atoms with Gasteiger partial charge in [-0.25, -0.2) is 0 Å². The van der Waals surface area contributed by atoms with Crippen molar-refractivity contribution < 1.29 is 9.52 Å². The molecular weight excluding hydrogens is 244 g/mol. The van der Waals surface area contributed by atoms with Crippen LogP contribution in [0.15, 0.2) is 4.42 Å². The maximum Gasteiger partial charge on any atom is 0.318 e. The third-order valence-electron chi connectivity index (χ3n) is 3.65. The van der Waals surface area contributed by atoms with Crippen LogP contribution in [0.2, 0.25) is 0 Å². The average Bonchev–Trinajstić information content (AvgIpc) is 2.88. The Morgan fingerprint density at radius 3 is 2.79 bits per heavy atom. The van der Waals surface area contributed by atoms with Gasteiger partial charge >= 0.3 is 6.01 Å². The summed E-state index contributed by atoms with van der Waals surface area (Å²) in [7, 11) is 0. The van der Waals surface area contributed by atoms with Crippen LogP contribution in [-0.4, -0.2) is 41.0 Å². The molecule has 0 bridgehead atoms. The highest BCUT2D eigenvalue weighted by molar-refractivity contribution is 5.24. The Labute approximate surface area is 114 Å². The molecule has 0 spiro atoms. The molecule has 2 heterocycles. The first kappa shape index (κ1) is 14.3. The maximum atomic E-state index is 9.58. The van der Waals surface area contributed by atoms with Crippen LogP contribution >= 0.6 is 0 Å². The summed E-state index contributed by atoms with van der Waals surface area (Å²) in [6.45, 7) is 7.32. The van der Waals surface area contributed by atoms with Gasteiger partial charge in [-0.1, -0.05) is 12.0 Å². The monoisotopic (exact) mass is 268 g/mol. The van der Waals surface area contributed by atoms with Crippen LogP contribution in [0, 0.1) is 5.92 Å². The minimum Gasteiger partial charge on any atom is -0.407 e. The smallest absolute Gasteiger partial charge is 0.318 e.